The molecule has 0 spiro atoms. The number of hydrogen-bond donors (Lipinski definition) is 2. The predicted octanol–water partition coefficient (Wildman–Crippen LogP) is 5.23. The molecule has 0 bridgehead atoms. The molecule has 3 aromatic carbocycles. The average molecular weight is 1020 g/mol. The van der Waals surface area contributed by atoms with Crippen LogP contribution in [0.15, 0.2) is 95.0 Å². The molecule has 2 fully saturated rings. The molecule has 2 aromatic heterocycles. The number of sulfonamides is 1. The number of aryl methyl sites for hydroxylation is 1. The van der Waals surface area contributed by atoms with Crippen LogP contribution in [0.4, 0.5) is 23.0 Å². The van der Waals surface area contributed by atoms with E-state index < -0.39 is 48.7 Å². The lowest BCUT2D eigenvalue weighted by atomic mass is 9.75. The summed E-state index contributed by atoms with van der Waals surface area (Å²) in [6.07, 6.45) is 8.88. The number of pyridine rings is 1. The van der Waals surface area contributed by atoms with Gasteiger partial charge >= 0.3 is 0 Å². The van der Waals surface area contributed by atoms with Gasteiger partial charge in [-0.2, -0.15) is 0 Å². The Morgan fingerprint density at radius 3 is 2.44 bits per heavy atom. The average Bonchev–Trinajstić information content (AvgIpc) is 4.02. The van der Waals surface area contributed by atoms with Crippen LogP contribution in [0.5, 0.6) is 0 Å². The number of anilines is 3. The molecule has 4 aliphatic rings. The Bertz CT molecular complexity index is 3090. The summed E-state index contributed by atoms with van der Waals surface area (Å²) >= 11 is 1.64. The van der Waals surface area contributed by atoms with Crippen LogP contribution >= 0.6 is 11.8 Å². The molecule has 2 N–H and O–H groups in total. The van der Waals surface area contributed by atoms with Crippen molar-refractivity contribution in [3.63, 3.8) is 0 Å². The number of aromatic nitrogens is 4. The SMILES string of the molecule is CCN(Cc1ccc(NS(=O)(=O)c2ccc(C(=O)NCCN3C(=O)C=CC3=O)cc2[N+](=O)[O-])cc1)c1cc(C2(Cc3nncn3C)COC2)cc(N2Cc3c(SC)cc(CN4CCC[C@H](C)C4)cc3C2=O)n1. The number of nitro benzene ring substituents is 1. The third-order valence-electron chi connectivity index (χ3n) is 13.7. The van der Waals surface area contributed by atoms with Crippen LogP contribution in [-0.2, 0) is 62.9 Å². The summed E-state index contributed by atoms with van der Waals surface area (Å²) < 4.78 is 37.5. The number of likely N-dealkylation sites (tertiary alicyclic amines) is 1. The molecule has 4 amide bonds. The van der Waals surface area contributed by atoms with E-state index in [1.807, 2.05) is 36.9 Å². The van der Waals surface area contributed by atoms with E-state index in [2.05, 4.69) is 49.1 Å². The van der Waals surface area contributed by atoms with Crippen LogP contribution in [0.25, 0.3) is 0 Å². The maximum atomic E-state index is 14.6. The molecule has 2 saturated heterocycles. The number of imide groups is 1. The molecule has 376 valence electrons. The molecule has 0 radical (unpaired) electrons. The van der Waals surface area contributed by atoms with Gasteiger partial charge in [-0.05, 0) is 109 Å². The second-order valence-electron chi connectivity index (χ2n) is 18.8. The van der Waals surface area contributed by atoms with Gasteiger partial charge in [0.05, 0.1) is 24.7 Å². The van der Waals surface area contributed by atoms with Crippen molar-refractivity contribution in [3.05, 3.63) is 135 Å². The zero-order valence-corrected chi connectivity index (χ0v) is 42.0. The van der Waals surface area contributed by atoms with Crippen molar-refractivity contribution in [3.8, 4) is 0 Å². The number of amides is 4. The number of fused-ring (bicyclic) bond motifs is 1. The van der Waals surface area contributed by atoms with Gasteiger partial charge in [0, 0.05) is 98.1 Å². The quantitative estimate of drug-likeness (QED) is 0.0467. The van der Waals surface area contributed by atoms with E-state index in [9.17, 15) is 37.7 Å². The van der Waals surface area contributed by atoms with Crippen LogP contribution in [-0.4, -0.2) is 119 Å². The first-order valence-electron chi connectivity index (χ1n) is 23.7. The highest BCUT2D eigenvalue weighted by Crippen LogP contribution is 2.41. The molecule has 20 nitrogen and oxygen atoms in total. The van der Waals surface area contributed by atoms with E-state index in [0.29, 0.717) is 62.4 Å². The zero-order chi connectivity index (χ0) is 50.9. The number of benzene rings is 3. The third-order valence-corrected chi connectivity index (χ3v) is 15.9. The number of rotatable bonds is 19. The van der Waals surface area contributed by atoms with Gasteiger partial charge in [0.2, 0.25) is 0 Å². The Labute approximate surface area is 421 Å². The highest BCUT2D eigenvalue weighted by atomic mass is 32.2. The van der Waals surface area contributed by atoms with E-state index in [-0.39, 0.29) is 30.2 Å². The Hall–Kier alpha value is -7.01. The minimum Gasteiger partial charge on any atom is -0.379 e. The van der Waals surface area contributed by atoms with Gasteiger partial charge < -0.3 is 19.5 Å². The first kappa shape index (κ1) is 50.0. The maximum Gasteiger partial charge on any atom is 0.290 e. The fourth-order valence-corrected chi connectivity index (χ4v) is 11.6. The van der Waals surface area contributed by atoms with Gasteiger partial charge in [-0.1, -0.05) is 19.1 Å². The number of nitrogens with one attached hydrogen (secondary N) is 2. The Balaban J connectivity index is 0.948. The molecule has 1 atom stereocenters. The monoisotopic (exact) mass is 1020 g/mol. The van der Waals surface area contributed by atoms with Gasteiger partial charge in [-0.3, -0.25) is 48.7 Å². The maximum absolute atomic E-state index is 14.6. The van der Waals surface area contributed by atoms with E-state index in [1.54, 1.807) is 47.3 Å². The number of nitrogens with zero attached hydrogens (tertiary/aromatic N) is 9. The lowest BCUT2D eigenvalue weighted by Gasteiger charge is -2.42. The topological polar surface area (TPSA) is 235 Å². The van der Waals surface area contributed by atoms with Crippen molar-refractivity contribution >= 4 is 68.4 Å². The van der Waals surface area contributed by atoms with Crippen molar-refractivity contribution in [2.24, 2.45) is 13.0 Å². The summed E-state index contributed by atoms with van der Waals surface area (Å²) in [5.74, 6) is 0.655. The van der Waals surface area contributed by atoms with Crippen LogP contribution in [0.2, 0.25) is 0 Å². The number of piperidine rings is 1. The number of ether oxygens (including phenoxy) is 1. The predicted molar refractivity (Wildman–Crippen MR) is 269 cm³/mol. The van der Waals surface area contributed by atoms with Crippen molar-refractivity contribution in [2.45, 2.75) is 68.0 Å². The lowest BCUT2D eigenvalue weighted by Crippen LogP contribution is -2.49. The second-order valence-corrected chi connectivity index (χ2v) is 21.3. The summed E-state index contributed by atoms with van der Waals surface area (Å²) in [7, 11) is -2.63. The molecule has 5 aromatic rings. The van der Waals surface area contributed by atoms with Gasteiger partial charge in [0.1, 0.15) is 23.8 Å². The summed E-state index contributed by atoms with van der Waals surface area (Å²) in [4.78, 5) is 75.3. The Kier molecular flexibility index (Phi) is 14.3. The molecule has 0 unspecified atom stereocenters. The molecule has 6 heterocycles. The van der Waals surface area contributed by atoms with Gasteiger partial charge in [0.15, 0.2) is 4.90 Å². The first-order valence-corrected chi connectivity index (χ1v) is 26.4. The van der Waals surface area contributed by atoms with Gasteiger partial charge in [0.25, 0.3) is 39.3 Å². The normalized spacial score (nSPS) is 17.6. The molecule has 0 saturated carbocycles. The minimum absolute atomic E-state index is 0.106. The largest absolute Gasteiger partial charge is 0.379 e. The molecule has 22 heteroatoms. The van der Waals surface area contributed by atoms with Crippen LogP contribution in [0, 0.1) is 16.0 Å². The lowest BCUT2D eigenvalue weighted by molar-refractivity contribution is -0.387. The van der Waals surface area contributed by atoms with Crippen LogP contribution in [0.1, 0.15) is 75.5 Å². The molecule has 4 aliphatic heterocycles. The third kappa shape index (κ3) is 10.3. The van der Waals surface area contributed by atoms with Crippen molar-refractivity contribution < 1.29 is 37.3 Å². The smallest absolute Gasteiger partial charge is 0.290 e. The molecular weight excluding hydrogens is 963 g/mol. The summed E-state index contributed by atoms with van der Waals surface area (Å²) in [5, 5.41) is 23.2. The molecular formula is C50H55N11O9S2. The van der Waals surface area contributed by atoms with Crippen molar-refractivity contribution in [1.29, 1.82) is 0 Å². The number of thioether (sulfide) groups is 1. The number of carbonyl (C=O) groups is 4. The van der Waals surface area contributed by atoms with Crippen molar-refractivity contribution in [2.75, 3.05) is 66.7 Å². The van der Waals surface area contributed by atoms with Gasteiger partial charge in [-0.15, -0.1) is 22.0 Å². The van der Waals surface area contributed by atoms with Crippen molar-refractivity contribution in [1.82, 2.24) is 34.9 Å². The molecule has 72 heavy (non-hydrogen) atoms. The number of hydrogen-bond acceptors (Lipinski definition) is 15. The Morgan fingerprint density at radius 1 is 1.03 bits per heavy atom. The highest BCUT2D eigenvalue weighted by Gasteiger charge is 2.43. The summed E-state index contributed by atoms with van der Waals surface area (Å²) in [6, 6.07) is 17.9. The minimum atomic E-state index is -4.53. The fourth-order valence-electron chi connectivity index (χ4n) is 9.70. The molecule has 9 rings (SSSR count). The second kappa shape index (κ2) is 20.6. The summed E-state index contributed by atoms with van der Waals surface area (Å²) in [6.45, 7) is 9.02. The number of carbonyl (C=O) groups excluding carboxylic acids is 4. The van der Waals surface area contributed by atoms with E-state index >= 15 is 0 Å². The highest BCUT2D eigenvalue weighted by molar-refractivity contribution is 7.98. The molecule has 0 aliphatic carbocycles. The standard InChI is InChI=1S/C50H55N11O9S2/c1-5-58(27-33-8-11-37(12-9-33)55-72(68,69)42-13-10-35(21-40(42)61(66)67)48(64)51-16-18-59-46(62)14-15-47(59)63)43-22-36(50(29-70-30-50)24-45-54-52-31-56(45)3)23-44(53-43)60-28-39-38(49(60)65)19-34(20-41(39)71-4)26-57-17-6-7-32(2)25-57/h8-15,19-23,31-32,55H,5-7,16-18,24-30H2,1-4H3,(H,51,64)/t32-/m0/s1. The summed E-state index contributed by atoms with van der Waals surface area (Å²) in [5.41, 5.74) is 3.20. The van der Waals surface area contributed by atoms with Crippen LogP contribution < -0.4 is 19.8 Å². The van der Waals surface area contributed by atoms with E-state index in [4.69, 9.17) is 9.72 Å². The first-order chi connectivity index (χ1) is 34.5. The number of nitro groups is 1. The van der Waals surface area contributed by atoms with Gasteiger partial charge in [-0.25, -0.2) is 13.4 Å². The zero-order valence-electron chi connectivity index (χ0n) is 40.4. The van der Waals surface area contributed by atoms with E-state index in [0.717, 1.165) is 94.3 Å². The Morgan fingerprint density at radius 2 is 1.79 bits per heavy atom. The van der Waals surface area contributed by atoms with E-state index in [1.165, 1.54) is 6.42 Å². The van der Waals surface area contributed by atoms with Crippen LogP contribution in [0.3, 0.4) is 0 Å². The fraction of sp³-hybridized carbons (Fsp3) is 0.380.